The molecule has 1 heterocycles. The number of carbonyl (C=O) groups excluding carboxylic acids is 1. The Morgan fingerprint density at radius 2 is 1.95 bits per heavy atom. The van der Waals surface area contributed by atoms with E-state index in [4.69, 9.17) is 28.3 Å². The number of aliphatic hydroxyl groups is 1. The maximum absolute atomic E-state index is 13.7. The van der Waals surface area contributed by atoms with E-state index in [9.17, 15) is 9.18 Å². The molecule has 0 unspecified atom stereocenters. The van der Waals surface area contributed by atoms with E-state index in [1.165, 1.54) is 12.1 Å². The summed E-state index contributed by atoms with van der Waals surface area (Å²) in [5.41, 5.74) is 0.137. The second-order valence-corrected chi connectivity index (χ2v) is 5.68. The number of aliphatic hydroxyl groups excluding tert-OH is 1. The van der Waals surface area contributed by atoms with Crippen molar-refractivity contribution in [3.8, 4) is 0 Å². The molecule has 0 saturated carbocycles. The largest absolute Gasteiger partial charge is 0.395 e. The van der Waals surface area contributed by atoms with Crippen LogP contribution in [0.2, 0.25) is 10.3 Å². The van der Waals surface area contributed by atoms with Gasteiger partial charge in [0.15, 0.2) is 0 Å². The summed E-state index contributed by atoms with van der Waals surface area (Å²) in [6, 6.07) is 4.13. The Bertz CT molecular complexity index is 697. The standard InChI is InChI=1S/C13H9BrCl2FN3O2/c14-8-2-1-7(5-9(8)17)20(3-4-21)13(22)10-11(15)18-6-19-12(10)16/h1-2,5-6,21H,3-4H2. The van der Waals surface area contributed by atoms with E-state index in [1.807, 2.05) is 0 Å². The fourth-order valence-corrected chi connectivity index (χ4v) is 2.48. The number of hydrogen-bond acceptors (Lipinski definition) is 4. The zero-order valence-electron chi connectivity index (χ0n) is 10.9. The van der Waals surface area contributed by atoms with Crippen molar-refractivity contribution in [1.82, 2.24) is 9.97 Å². The van der Waals surface area contributed by atoms with Gasteiger partial charge in [0.05, 0.1) is 11.1 Å². The quantitative estimate of drug-likeness (QED) is 0.788. The van der Waals surface area contributed by atoms with E-state index in [2.05, 4.69) is 25.9 Å². The molecule has 0 radical (unpaired) electrons. The Balaban J connectivity index is 2.47. The molecule has 22 heavy (non-hydrogen) atoms. The Morgan fingerprint density at radius 3 is 2.50 bits per heavy atom. The summed E-state index contributed by atoms with van der Waals surface area (Å²) in [6.45, 7) is -0.395. The number of nitrogens with zero attached hydrogens (tertiary/aromatic N) is 3. The molecule has 2 aromatic rings. The van der Waals surface area contributed by atoms with Crippen LogP contribution in [-0.2, 0) is 0 Å². The molecular formula is C13H9BrCl2FN3O2. The van der Waals surface area contributed by atoms with Crippen molar-refractivity contribution >= 4 is 50.7 Å². The average molecular weight is 409 g/mol. The van der Waals surface area contributed by atoms with Crippen molar-refractivity contribution in [2.45, 2.75) is 0 Å². The molecule has 1 aromatic carbocycles. The SMILES string of the molecule is O=C(c1c(Cl)ncnc1Cl)N(CCO)c1ccc(Br)c(F)c1. The van der Waals surface area contributed by atoms with E-state index >= 15 is 0 Å². The van der Waals surface area contributed by atoms with Gasteiger partial charge in [0, 0.05) is 12.2 Å². The van der Waals surface area contributed by atoms with Gasteiger partial charge in [0.25, 0.3) is 5.91 Å². The fraction of sp³-hybridized carbons (Fsp3) is 0.154. The zero-order valence-corrected chi connectivity index (χ0v) is 14.0. The van der Waals surface area contributed by atoms with Gasteiger partial charge >= 0.3 is 0 Å². The highest BCUT2D eigenvalue weighted by Gasteiger charge is 2.24. The molecule has 5 nitrogen and oxygen atoms in total. The van der Waals surface area contributed by atoms with E-state index < -0.39 is 11.7 Å². The first-order valence-corrected chi connectivity index (χ1v) is 7.54. The van der Waals surface area contributed by atoms with Gasteiger partial charge in [0.2, 0.25) is 0 Å². The van der Waals surface area contributed by atoms with Crippen molar-refractivity contribution in [3.63, 3.8) is 0 Å². The molecule has 0 aliphatic carbocycles. The number of hydrogen-bond donors (Lipinski definition) is 1. The lowest BCUT2D eigenvalue weighted by Crippen LogP contribution is -2.34. The summed E-state index contributed by atoms with van der Waals surface area (Å²) >= 11 is 14.8. The average Bonchev–Trinajstić information content (AvgIpc) is 2.47. The van der Waals surface area contributed by atoms with Crippen molar-refractivity contribution in [2.75, 3.05) is 18.1 Å². The van der Waals surface area contributed by atoms with E-state index in [0.717, 1.165) is 17.3 Å². The smallest absolute Gasteiger partial charge is 0.264 e. The zero-order chi connectivity index (χ0) is 16.3. The van der Waals surface area contributed by atoms with Crippen LogP contribution >= 0.6 is 39.1 Å². The van der Waals surface area contributed by atoms with Gasteiger partial charge in [-0.15, -0.1) is 0 Å². The number of anilines is 1. The molecule has 0 spiro atoms. The predicted octanol–water partition coefficient (Wildman–Crippen LogP) is 3.32. The second-order valence-electron chi connectivity index (χ2n) is 4.11. The summed E-state index contributed by atoms with van der Waals surface area (Å²) in [6.07, 6.45) is 1.12. The molecule has 1 aromatic heterocycles. The summed E-state index contributed by atoms with van der Waals surface area (Å²) < 4.78 is 13.9. The van der Waals surface area contributed by atoms with Crippen LogP contribution in [0.5, 0.6) is 0 Å². The van der Waals surface area contributed by atoms with Crippen LogP contribution in [0.25, 0.3) is 0 Å². The van der Waals surface area contributed by atoms with Crippen LogP contribution < -0.4 is 4.90 Å². The fourth-order valence-electron chi connectivity index (χ4n) is 1.76. The second kappa shape index (κ2) is 7.32. The van der Waals surface area contributed by atoms with Crippen molar-refractivity contribution < 1.29 is 14.3 Å². The summed E-state index contributed by atoms with van der Waals surface area (Å²) in [7, 11) is 0. The third-order valence-corrected chi connectivity index (χ3v) is 3.97. The Morgan fingerprint density at radius 1 is 1.32 bits per heavy atom. The first-order valence-electron chi connectivity index (χ1n) is 5.99. The van der Waals surface area contributed by atoms with Gasteiger partial charge in [0.1, 0.15) is 28.0 Å². The Hall–Kier alpha value is -1.28. The van der Waals surface area contributed by atoms with Crippen LogP contribution in [-0.4, -0.2) is 34.1 Å². The highest BCUT2D eigenvalue weighted by atomic mass is 79.9. The van der Waals surface area contributed by atoms with Crippen molar-refractivity contribution in [1.29, 1.82) is 0 Å². The third-order valence-electron chi connectivity index (χ3n) is 2.75. The molecule has 0 saturated heterocycles. The topological polar surface area (TPSA) is 66.3 Å². The molecule has 9 heteroatoms. The first-order chi connectivity index (χ1) is 10.5. The lowest BCUT2D eigenvalue weighted by atomic mass is 10.2. The van der Waals surface area contributed by atoms with Crippen molar-refractivity contribution in [3.05, 3.63) is 50.7 Å². The van der Waals surface area contributed by atoms with Gasteiger partial charge in [-0.3, -0.25) is 4.79 Å². The van der Waals surface area contributed by atoms with Gasteiger partial charge in [-0.25, -0.2) is 14.4 Å². The highest BCUT2D eigenvalue weighted by Crippen LogP contribution is 2.27. The minimum absolute atomic E-state index is 0.0680. The molecule has 1 N–H and O–H groups in total. The summed E-state index contributed by atoms with van der Waals surface area (Å²) in [5.74, 6) is -1.18. The van der Waals surface area contributed by atoms with E-state index in [-0.39, 0.29) is 39.2 Å². The molecular weight excluding hydrogens is 400 g/mol. The Labute approximate surface area is 143 Å². The molecule has 2 rings (SSSR count). The maximum atomic E-state index is 13.7. The van der Waals surface area contributed by atoms with Crippen LogP contribution in [0.15, 0.2) is 29.0 Å². The number of rotatable bonds is 4. The molecule has 1 amide bonds. The normalized spacial score (nSPS) is 10.6. The van der Waals surface area contributed by atoms with Gasteiger partial charge in [-0.05, 0) is 34.1 Å². The van der Waals surface area contributed by atoms with Crippen LogP contribution in [0.4, 0.5) is 10.1 Å². The maximum Gasteiger partial charge on any atom is 0.264 e. The van der Waals surface area contributed by atoms with Crippen LogP contribution in [0.1, 0.15) is 10.4 Å². The number of amides is 1. The predicted molar refractivity (Wildman–Crippen MR) is 84.9 cm³/mol. The third kappa shape index (κ3) is 3.55. The van der Waals surface area contributed by atoms with Crippen LogP contribution in [0.3, 0.4) is 0 Å². The molecule has 0 bridgehead atoms. The van der Waals surface area contributed by atoms with Gasteiger partial charge < -0.3 is 10.0 Å². The number of benzene rings is 1. The molecule has 0 aliphatic heterocycles. The van der Waals surface area contributed by atoms with Crippen LogP contribution in [0, 0.1) is 5.82 Å². The molecule has 0 atom stereocenters. The Kier molecular flexibility index (Phi) is 5.69. The number of halogens is 4. The molecule has 116 valence electrons. The first kappa shape index (κ1) is 17.1. The highest BCUT2D eigenvalue weighted by molar-refractivity contribution is 9.10. The van der Waals surface area contributed by atoms with Gasteiger partial charge in [-0.2, -0.15) is 0 Å². The summed E-state index contributed by atoms with van der Waals surface area (Å²) in [4.78, 5) is 21.2. The lowest BCUT2D eigenvalue weighted by molar-refractivity contribution is 0.0980. The van der Waals surface area contributed by atoms with Gasteiger partial charge in [-0.1, -0.05) is 23.2 Å². The van der Waals surface area contributed by atoms with E-state index in [0.29, 0.717) is 0 Å². The lowest BCUT2D eigenvalue weighted by Gasteiger charge is -2.22. The monoisotopic (exact) mass is 407 g/mol. The summed E-state index contributed by atoms with van der Waals surface area (Å²) in [5, 5.41) is 8.92. The molecule has 0 aliphatic rings. The minimum Gasteiger partial charge on any atom is -0.395 e. The van der Waals surface area contributed by atoms with Crippen molar-refractivity contribution in [2.24, 2.45) is 0 Å². The minimum atomic E-state index is -0.633. The molecule has 0 fully saturated rings. The number of carbonyl (C=O) groups is 1. The van der Waals surface area contributed by atoms with E-state index in [1.54, 1.807) is 0 Å². The number of aromatic nitrogens is 2.